The van der Waals surface area contributed by atoms with E-state index in [1.807, 2.05) is 48.5 Å². The molecule has 1 aliphatic carbocycles. The number of amides is 2. The number of hydrogen-bond acceptors (Lipinski definition) is 7. The van der Waals surface area contributed by atoms with Crippen LogP contribution in [0.4, 0.5) is 4.79 Å². The van der Waals surface area contributed by atoms with E-state index in [1.165, 1.54) is 0 Å². The van der Waals surface area contributed by atoms with Gasteiger partial charge in [-0.15, -0.1) is 0 Å². The summed E-state index contributed by atoms with van der Waals surface area (Å²) in [6.07, 6.45) is -1.22. The number of carboxylic acids is 1. The molecule has 1 aliphatic heterocycles. The molecule has 1 fully saturated rings. The summed E-state index contributed by atoms with van der Waals surface area (Å²) in [7, 11) is 1.13. The highest BCUT2D eigenvalue weighted by Crippen LogP contribution is 2.44. The van der Waals surface area contributed by atoms with Crippen LogP contribution in [0.2, 0.25) is 0 Å². The zero-order valence-corrected chi connectivity index (χ0v) is 19.1. The first-order valence-electron chi connectivity index (χ1n) is 11.2. The van der Waals surface area contributed by atoms with Crippen LogP contribution >= 0.6 is 0 Å². The minimum absolute atomic E-state index is 0.00921. The quantitative estimate of drug-likeness (QED) is 0.483. The van der Waals surface area contributed by atoms with Crippen molar-refractivity contribution in [2.45, 2.75) is 24.4 Å². The summed E-state index contributed by atoms with van der Waals surface area (Å²) in [5.41, 5.74) is 4.37. The number of hydrogen-bond donors (Lipinski definition) is 3. The number of methoxy groups -OCH3 is 1. The van der Waals surface area contributed by atoms with E-state index in [0.717, 1.165) is 29.4 Å². The average Bonchev–Trinajstić information content (AvgIpc) is 3.44. The average molecular weight is 482 g/mol. The van der Waals surface area contributed by atoms with Gasteiger partial charge in [0.15, 0.2) is 0 Å². The fourth-order valence-corrected chi connectivity index (χ4v) is 4.48. The standard InChI is InChI=1S/C25H26N2O8/c1-33-22(28)10-20(24(30)31)26-23(29)19-11-34-13-21(19)27-25(32)35-12-18-16-8-4-2-6-14(16)15-7-3-5-9-17(15)18/h2-9,18-21H,10-13H2,1H3,(H,26,29)(H,27,32)(H,30,31)/t19?,20-,21?/m0/s1. The smallest absolute Gasteiger partial charge is 0.407 e. The maximum absolute atomic E-state index is 12.7. The van der Waals surface area contributed by atoms with E-state index in [4.69, 9.17) is 9.47 Å². The molecule has 3 atom stereocenters. The van der Waals surface area contributed by atoms with Crippen LogP contribution in [0.5, 0.6) is 0 Å². The summed E-state index contributed by atoms with van der Waals surface area (Å²) in [5, 5.41) is 14.3. The Hall–Kier alpha value is -3.92. The Morgan fingerprint density at radius 1 is 1.03 bits per heavy atom. The van der Waals surface area contributed by atoms with Gasteiger partial charge in [-0.05, 0) is 22.3 Å². The molecule has 2 aliphatic rings. The van der Waals surface area contributed by atoms with Crippen LogP contribution in [-0.2, 0) is 28.6 Å². The molecule has 0 bridgehead atoms. The van der Waals surface area contributed by atoms with E-state index >= 15 is 0 Å². The molecular weight excluding hydrogens is 456 g/mol. The second-order valence-corrected chi connectivity index (χ2v) is 8.40. The number of ether oxygens (including phenoxy) is 3. The number of nitrogens with one attached hydrogen (secondary N) is 2. The van der Waals surface area contributed by atoms with Gasteiger partial charge in [0.05, 0.1) is 38.7 Å². The first-order chi connectivity index (χ1) is 16.9. The van der Waals surface area contributed by atoms with Gasteiger partial charge in [-0.25, -0.2) is 9.59 Å². The van der Waals surface area contributed by atoms with Gasteiger partial charge in [0.1, 0.15) is 12.6 Å². The van der Waals surface area contributed by atoms with Gasteiger partial charge in [0, 0.05) is 5.92 Å². The van der Waals surface area contributed by atoms with Crippen molar-refractivity contribution >= 4 is 23.9 Å². The minimum Gasteiger partial charge on any atom is -0.480 e. The Balaban J connectivity index is 1.35. The van der Waals surface area contributed by atoms with Crippen molar-refractivity contribution in [2.75, 3.05) is 26.9 Å². The van der Waals surface area contributed by atoms with E-state index in [1.54, 1.807) is 0 Å². The number of fused-ring (bicyclic) bond motifs is 3. The Morgan fingerprint density at radius 3 is 2.26 bits per heavy atom. The van der Waals surface area contributed by atoms with E-state index in [0.29, 0.717) is 0 Å². The number of rotatable bonds is 8. The topological polar surface area (TPSA) is 140 Å². The monoisotopic (exact) mass is 482 g/mol. The molecule has 1 heterocycles. The number of alkyl carbamates (subject to hydrolysis) is 1. The van der Waals surface area contributed by atoms with E-state index < -0.39 is 48.4 Å². The molecule has 35 heavy (non-hydrogen) atoms. The molecule has 2 aromatic carbocycles. The third kappa shape index (κ3) is 5.27. The molecular formula is C25H26N2O8. The van der Waals surface area contributed by atoms with Gasteiger partial charge >= 0.3 is 18.0 Å². The lowest BCUT2D eigenvalue weighted by Gasteiger charge is -2.21. The van der Waals surface area contributed by atoms with Crippen LogP contribution in [0.15, 0.2) is 48.5 Å². The molecule has 0 saturated carbocycles. The highest BCUT2D eigenvalue weighted by atomic mass is 16.6. The number of carbonyl (C=O) groups is 4. The molecule has 10 heteroatoms. The normalized spacial score (nSPS) is 19.2. The molecule has 184 valence electrons. The van der Waals surface area contributed by atoms with Crippen LogP contribution in [0.1, 0.15) is 23.5 Å². The van der Waals surface area contributed by atoms with E-state index in [2.05, 4.69) is 15.4 Å². The van der Waals surface area contributed by atoms with Crippen LogP contribution in [0.25, 0.3) is 11.1 Å². The lowest BCUT2D eigenvalue weighted by molar-refractivity contribution is -0.149. The fraction of sp³-hybridized carbons (Fsp3) is 0.360. The van der Waals surface area contributed by atoms with E-state index in [-0.39, 0.29) is 25.7 Å². The Kier molecular flexibility index (Phi) is 7.31. The largest absolute Gasteiger partial charge is 0.480 e. The molecule has 0 radical (unpaired) electrons. The number of aliphatic carboxylic acids is 1. The zero-order chi connectivity index (χ0) is 24.9. The second kappa shape index (κ2) is 10.6. The molecule has 4 rings (SSSR count). The van der Waals surface area contributed by atoms with Gasteiger partial charge in [-0.3, -0.25) is 9.59 Å². The number of esters is 1. The summed E-state index contributed by atoms with van der Waals surface area (Å²) < 4.78 is 15.3. The van der Waals surface area contributed by atoms with Gasteiger partial charge in [0.2, 0.25) is 5.91 Å². The van der Waals surface area contributed by atoms with Gasteiger partial charge in [-0.1, -0.05) is 48.5 Å². The zero-order valence-electron chi connectivity index (χ0n) is 19.1. The Morgan fingerprint density at radius 2 is 1.66 bits per heavy atom. The van der Waals surface area contributed by atoms with Crippen molar-refractivity contribution < 1.29 is 38.5 Å². The summed E-state index contributed by atoms with van der Waals surface area (Å²) in [4.78, 5) is 48.1. The number of carboxylic acid groups (broad SMARTS) is 1. The van der Waals surface area contributed by atoms with E-state index in [9.17, 15) is 24.3 Å². The molecule has 0 aromatic heterocycles. The Bertz CT molecular complexity index is 1090. The molecule has 10 nitrogen and oxygen atoms in total. The fourth-order valence-electron chi connectivity index (χ4n) is 4.48. The number of benzene rings is 2. The predicted molar refractivity (Wildman–Crippen MR) is 123 cm³/mol. The highest BCUT2D eigenvalue weighted by molar-refractivity contribution is 5.89. The highest BCUT2D eigenvalue weighted by Gasteiger charge is 2.38. The molecule has 2 aromatic rings. The summed E-state index contributed by atoms with van der Waals surface area (Å²) in [6.45, 7) is 0.173. The molecule has 2 amide bonds. The predicted octanol–water partition coefficient (Wildman–Crippen LogP) is 1.67. The summed E-state index contributed by atoms with van der Waals surface area (Å²) in [5.74, 6) is -3.74. The van der Waals surface area contributed by atoms with Crippen molar-refractivity contribution in [3.8, 4) is 11.1 Å². The second-order valence-electron chi connectivity index (χ2n) is 8.40. The third-order valence-corrected chi connectivity index (χ3v) is 6.28. The first-order valence-corrected chi connectivity index (χ1v) is 11.2. The lowest BCUT2D eigenvalue weighted by Crippen LogP contribution is -2.50. The summed E-state index contributed by atoms with van der Waals surface area (Å²) >= 11 is 0. The lowest BCUT2D eigenvalue weighted by atomic mass is 9.98. The van der Waals surface area contributed by atoms with Crippen molar-refractivity contribution in [3.63, 3.8) is 0 Å². The maximum atomic E-state index is 12.7. The van der Waals surface area contributed by atoms with Crippen LogP contribution in [0.3, 0.4) is 0 Å². The van der Waals surface area contributed by atoms with Crippen molar-refractivity contribution in [3.05, 3.63) is 59.7 Å². The third-order valence-electron chi connectivity index (χ3n) is 6.28. The van der Waals surface area contributed by atoms with Crippen molar-refractivity contribution in [1.29, 1.82) is 0 Å². The van der Waals surface area contributed by atoms with Crippen LogP contribution in [-0.4, -0.2) is 68.1 Å². The van der Waals surface area contributed by atoms with Gasteiger partial charge in [-0.2, -0.15) is 0 Å². The molecule has 1 saturated heterocycles. The maximum Gasteiger partial charge on any atom is 0.407 e. The molecule has 3 N–H and O–H groups in total. The Labute approximate surface area is 201 Å². The molecule has 0 spiro atoms. The summed E-state index contributed by atoms with van der Waals surface area (Å²) in [6, 6.07) is 13.8. The van der Waals surface area contributed by atoms with Gasteiger partial charge < -0.3 is 30.0 Å². The number of carbonyl (C=O) groups excluding carboxylic acids is 3. The minimum atomic E-state index is -1.45. The SMILES string of the molecule is COC(=O)C[C@H](NC(=O)C1COCC1NC(=O)OCC1c2ccccc2-c2ccccc21)C(=O)O. The van der Waals surface area contributed by atoms with Crippen molar-refractivity contribution in [2.24, 2.45) is 5.92 Å². The van der Waals surface area contributed by atoms with Crippen LogP contribution in [0, 0.1) is 5.92 Å². The van der Waals surface area contributed by atoms with Gasteiger partial charge in [0.25, 0.3) is 0 Å². The molecule has 2 unspecified atom stereocenters. The first kappa shape index (κ1) is 24.2. The van der Waals surface area contributed by atoms with Crippen molar-refractivity contribution in [1.82, 2.24) is 10.6 Å². The van der Waals surface area contributed by atoms with Crippen LogP contribution < -0.4 is 10.6 Å².